The van der Waals surface area contributed by atoms with Crippen LogP contribution in [-0.4, -0.2) is 17.1 Å². The Kier molecular flexibility index (Phi) is 2.29. The standard InChI is InChI=1S/C14H12N2O/c1-17-13-8-11-7-12(9-15-14(11)16-13)10-5-3-2-4-6-10/h2-9H,1H3,(H,15,16). The Morgan fingerprint density at radius 2 is 1.88 bits per heavy atom. The van der Waals surface area contributed by atoms with Gasteiger partial charge in [0, 0.05) is 23.2 Å². The number of hydrogen-bond acceptors (Lipinski definition) is 2. The number of methoxy groups -OCH3 is 1. The number of aromatic nitrogens is 2. The lowest BCUT2D eigenvalue weighted by atomic mass is 10.1. The molecule has 0 amide bonds. The molecule has 3 aromatic rings. The number of nitrogens with one attached hydrogen (secondary N) is 1. The Labute approximate surface area is 99.1 Å². The first-order valence-corrected chi connectivity index (χ1v) is 5.45. The zero-order valence-corrected chi connectivity index (χ0v) is 9.47. The largest absolute Gasteiger partial charge is 0.482 e. The first kappa shape index (κ1) is 9.90. The van der Waals surface area contributed by atoms with Crippen molar-refractivity contribution < 1.29 is 4.74 Å². The minimum absolute atomic E-state index is 0.734. The fraction of sp³-hybridized carbons (Fsp3) is 0.0714. The normalized spacial score (nSPS) is 10.6. The summed E-state index contributed by atoms with van der Waals surface area (Å²) in [4.78, 5) is 7.48. The number of fused-ring (bicyclic) bond motifs is 1. The van der Waals surface area contributed by atoms with Crippen LogP contribution in [-0.2, 0) is 0 Å². The Balaban J connectivity index is 2.13. The molecule has 17 heavy (non-hydrogen) atoms. The highest BCUT2D eigenvalue weighted by Gasteiger charge is 2.04. The van der Waals surface area contributed by atoms with Crippen molar-refractivity contribution in [3.8, 4) is 17.0 Å². The van der Waals surface area contributed by atoms with Gasteiger partial charge < -0.3 is 9.72 Å². The summed E-state index contributed by atoms with van der Waals surface area (Å²) in [6.07, 6.45) is 1.87. The van der Waals surface area contributed by atoms with Crippen molar-refractivity contribution in [2.45, 2.75) is 0 Å². The van der Waals surface area contributed by atoms with Crippen molar-refractivity contribution in [3.63, 3.8) is 0 Å². The summed E-state index contributed by atoms with van der Waals surface area (Å²) in [5.41, 5.74) is 3.13. The number of nitrogens with zero attached hydrogens (tertiary/aromatic N) is 1. The molecule has 0 radical (unpaired) electrons. The predicted molar refractivity (Wildman–Crippen MR) is 68.1 cm³/mol. The second kappa shape index (κ2) is 3.94. The highest BCUT2D eigenvalue weighted by atomic mass is 16.5. The Hall–Kier alpha value is -2.29. The van der Waals surface area contributed by atoms with E-state index in [0.29, 0.717) is 0 Å². The summed E-state index contributed by atoms with van der Waals surface area (Å²) in [5, 5.41) is 1.06. The molecule has 0 unspecified atom stereocenters. The van der Waals surface area contributed by atoms with E-state index in [0.717, 1.165) is 22.5 Å². The summed E-state index contributed by atoms with van der Waals surface area (Å²) in [5.74, 6) is 0.734. The van der Waals surface area contributed by atoms with Crippen molar-refractivity contribution in [2.24, 2.45) is 0 Å². The van der Waals surface area contributed by atoms with Crippen LogP contribution in [0.3, 0.4) is 0 Å². The first-order valence-electron chi connectivity index (χ1n) is 5.45. The average Bonchev–Trinajstić information content (AvgIpc) is 2.81. The van der Waals surface area contributed by atoms with Crippen LogP contribution in [0.4, 0.5) is 0 Å². The molecule has 2 aromatic heterocycles. The van der Waals surface area contributed by atoms with E-state index in [1.54, 1.807) is 7.11 Å². The fourth-order valence-corrected chi connectivity index (χ4v) is 1.89. The molecule has 0 bridgehead atoms. The molecule has 0 aliphatic heterocycles. The second-order valence-corrected chi connectivity index (χ2v) is 3.87. The van der Waals surface area contributed by atoms with E-state index < -0.39 is 0 Å². The fourth-order valence-electron chi connectivity index (χ4n) is 1.89. The third-order valence-corrected chi connectivity index (χ3v) is 2.77. The quantitative estimate of drug-likeness (QED) is 0.725. The SMILES string of the molecule is COc1cc2cc(-c3ccccc3)cnc2[nH]1. The van der Waals surface area contributed by atoms with Gasteiger partial charge >= 0.3 is 0 Å². The van der Waals surface area contributed by atoms with Crippen molar-refractivity contribution in [1.82, 2.24) is 9.97 Å². The maximum absolute atomic E-state index is 5.15. The molecule has 0 spiro atoms. The monoisotopic (exact) mass is 224 g/mol. The molecule has 3 nitrogen and oxygen atoms in total. The van der Waals surface area contributed by atoms with Crippen LogP contribution in [0.5, 0.6) is 5.88 Å². The molecule has 1 N–H and O–H groups in total. The summed E-state index contributed by atoms with van der Waals surface area (Å²) in [7, 11) is 1.64. The van der Waals surface area contributed by atoms with E-state index in [-0.39, 0.29) is 0 Å². The lowest BCUT2D eigenvalue weighted by molar-refractivity contribution is 0.401. The lowest BCUT2D eigenvalue weighted by Crippen LogP contribution is -1.82. The molecule has 3 rings (SSSR count). The average molecular weight is 224 g/mol. The molecular weight excluding hydrogens is 212 g/mol. The summed E-state index contributed by atoms with van der Waals surface area (Å²) >= 11 is 0. The van der Waals surface area contributed by atoms with E-state index in [1.165, 1.54) is 5.56 Å². The van der Waals surface area contributed by atoms with Crippen LogP contribution in [0.25, 0.3) is 22.2 Å². The van der Waals surface area contributed by atoms with Crippen LogP contribution < -0.4 is 4.74 Å². The molecule has 0 atom stereocenters. The molecule has 2 heterocycles. The van der Waals surface area contributed by atoms with Gasteiger partial charge in [-0.1, -0.05) is 30.3 Å². The lowest BCUT2D eigenvalue weighted by Gasteiger charge is -2.00. The van der Waals surface area contributed by atoms with E-state index in [1.807, 2.05) is 30.5 Å². The second-order valence-electron chi connectivity index (χ2n) is 3.87. The summed E-state index contributed by atoms with van der Waals surface area (Å²) in [6.45, 7) is 0. The van der Waals surface area contributed by atoms with Gasteiger partial charge in [-0.15, -0.1) is 0 Å². The van der Waals surface area contributed by atoms with Crippen molar-refractivity contribution in [2.75, 3.05) is 7.11 Å². The first-order chi connectivity index (χ1) is 8.36. The molecule has 0 fully saturated rings. The molecule has 0 saturated carbocycles. The van der Waals surface area contributed by atoms with Crippen LogP contribution in [0, 0.1) is 0 Å². The molecule has 0 saturated heterocycles. The van der Waals surface area contributed by atoms with E-state index in [4.69, 9.17) is 4.74 Å². The van der Waals surface area contributed by atoms with Gasteiger partial charge in [0.25, 0.3) is 0 Å². The van der Waals surface area contributed by atoms with E-state index >= 15 is 0 Å². The summed E-state index contributed by atoms with van der Waals surface area (Å²) in [6, 6.07) is 14.3. The zero-order valence-electron chi connectivity index (χ0n) is 9.47. The number of pyridine rings is 1. The highest BCUT2D eigenvalue weighted by Crippen LogP contribution is 2.24. The highest BCUT2D eigenvalue weighted by molar-refractivity contribution is 5.82. The smallest absolute Gasteiger partial charge is 0.192 e. The minimum atomic E-state index is 0.734. The van der Waals surface area contributed by atoms with Crippen molar-refractivity contribution in [3.05, 3.63) is 48.7 Å². The number of benzene rings is 1. The van der Waals surface area contributed by atoms with Gasteiger partial charge in [0.15, 0.2) is 5.88 Å². The Morgan fingerprint density at radius 1 is 1.06 bits per heavy atom. The van der Waals surface area contributed by atoms with Gasteiger partial charge in [0.05, 0.1) is 7.11 Å². The molecule has 1 aromatic carbocycles. The molecule has 0 aliphatic carbocycles. The number of hydrogen-bond donors (Lipinski definition) is 1. The van der Waals surface area contributed by atoms with Gasteiger partial charge in [-0.3, -0.25) is 0 Å². The van der Waals surface area contributed by atoms with Gasteiger partial charge in [0.2, 0.25) is 0 Å². The number of rotatable bonds is 2. The number of H-pyrrole nitrogens is 1. The van der Waals surface area contributed by atoms with Crippen molar-refractivity contribution in [1.29, 1.82) is 0 Å². The molecular formula is C14H12N2O. The zero-order chi connectivity index (χ0) is 11.7. The predicted octanol–water partition coefficient (Wildman–Crippen LogP) is 3.24. The van der Waals surface area contributed by atoms with E-state index in [9.17, 15) is 0 Å². The number of ether oxygens (including phenoxy) is 1. The Morgan fingerprint density at radius 3 is 2.65 bits per heavy atom. The van der Waals surface area contributed by atoms with Crippen LogP contribution in [0.1, 0.15) is 0 Å². The maximum Gasteiger partial charge on any atom is 0.192 e. The van der Waals surface area contributed by atoms with Gasteiger partial charge in [0.1, 0.15) is 5.65 Å². The van der Waals surface area contributed by atoms with Crippen LogP contribution >= 0.6 is 0 Å². The molecule has 3 heteroatoms. The van der Waals surface area contributed by atoms with Crippen molar-refractivity contribution >= 4 is 11.0 Å². The van der Waals surface area contributed by atoms with Gasteiger partial charge in [-0.2, -0.15) is 0 Å². The Bertz CT molecular complexity index is 644. The molecule has 84 valence electrons. The minimum Gasteiger partial charge on any atom is -0.482 e. The third kappa shape index (κ3) is 1.76. The number of aromatic amines is 1. The van der Waals surface area contributed by atoms with Crippen LogP contribution in [0.2, 0.25) is 0 Å². The van der Waals surface area contributed by atoms with Crippen LogP contribution in [0.15, 0.2) is 48.7 Å². The summed E-state index contributed by atoms with van der Waals surface area (Å²) < 4.78 is 5.15. The van der Waals surface area contributed by atoms with Gasteiger partial charge in [-0.25, -0.2) is 4.98 Å². The third-order valence-electron chi connectivity index (χ3n) is 2.77. The van der Waals surface area contributed by atoms with E-state index in [2.05, 4.69) is 28.2 Å². The van der Waals surface area contributed by atoms with Gasteiger partial charge in [-0.05, 0) is 11.6 Å². The maximum atomic E-state index is 5.15. The molecule has 0 aliphatic rings. The topological polar surface area (TPSA) is 37.9 Å².